The summed E-state index contributed by atoms with van der Waals surface area (Å²) < 4.78 is 5.42. The van der Waals surface area contributed by atoms with Crippen LogP contribution in [0.1, 0.15) is 67.7 Å². The summed E-state index contributed by atoms with van der Waals surface area (Å²) in [7, 11) is 0. The van der Waals surface area contributed by atoms with E-state index in [1.807, 2.05) is 25.7 Å². The number of amides is 2. The fourth-order valence-electron chi connectivity index (χ4n) is 4.61. The van der Waals surface area contributed by atoms with Crippen molar-refractivity contribution in [3.8, 4) is 0 Å². The van der Waals surface area contributed by atoms with Gasteiger partial charge in [-0.05, 0) is 56.4 Å². The first-order valence-electron chi connectivity index (χ1n) is 10.3. The van der Waals surface area contributed by atoms with E-state index in [0.717, 1.165) is 0 Å². The Hall–Kier alpha value is -1.52. The number of piperazine rings is 1. The van der Waals surface area contributed by atoms with Gasteiger partial charge < -0.3 is 14.5 Å². The maximum absolute atomic E-state index is 12.7. The van der Waals surface area contributed by atoms with E-state index < -0.39 is 5.60 Å². The molecule has 0 N–H and O–H groups in total. The summed E-state index contributed by atoms with van der Waals surface area (Å²) >= 11 is 0. The molecule has 0 atom stereocenters. The molecule has 2 aliphatic rings. The molecular weight excluding hydrogens is 340 g/mol. The summed E-state index contributed by atoms with van der Waals surface area (Å²) in [4.78, 5) is 28.3. The summed E-state index contributed by atoms with van der Waals surface area (Å²) in [5.74, 6) is 0.446. The minimum atomic E-state index is -0.494. The lowest BCUT2D eigenvalue weighted by Gasteiger charge is -2.48. The van der Waals surface area contributed by atoms with Crippen LogP contribution in [0.2, 0.25) is 0 Å². The van der Waals surface area contributed by atoms with Gasteiger partial charge in [-0.2, -0.15) is 0 Å². The molecule has 1 heterocycles. The van der Waals surface area contributed by atoms with Crippen LogP contribution in [-0.4, -0.2) is 53.6 Å². The van der Waals surface area contributed by atoms with E-state index in [-0.39, 0.29) is 22.8 Å². The van der Waals surface area contributed by atoms with Gasteiger partial charge in [0.2, 0.25) is 5.91 Å². The molecule has 0 aromatic heterocycles. The first-order valence-corrected chi connectivity index (χ1v) is 10.3. The Kier molecular flexibility index (Phi) is 6.33. The van der Waals surface area contributed by atoms with Gasteiger partial charge in [0.25, 0.3) is 0 Å². The molecule has 5 nitrogen and oxygen atoms in total. The predicted molar refractivity (Wildman–Crippen MR) is 108 cm³/mol. The molecule has 0 unspecified atom stereocenters. The SMILES string of the molecule is CC(C)(C)OC(=O)N1CCN(C(=O)/C=C/C2C(C)(C)CCCC2(C)C)CC1. The standard InChI is InChI=1S/C22H38N2O3/c1-20(2,3)27-19(26)24-15-13-23(14-16-24)18(25)10-9-17-21(4,5)11-8-12-22(17,6)7/h9-10,17H,8,11-16H2,1-7H3/b10-9+. The maximum atomic E-state index is 12.7. The molecule has 0 radical (unpaired) electrons. The van der Waals surface area contributed by atoms with Crippen LogP contribution in [-0.2, 0) is 9.53 Å². The third kappa shape index (κ3) is 5.73. The van der Waals surface area contributed by atoms with Crippen molar-refractivity contribution < 1.29 is 14.3 Å². The Labute approximate surface area is 165 Å². The predicted octanol–water partition coefficient (Wildman–Crippen LogP) is 4.47. The van der Waals surface area contributed by atoms with Crippen LogP contribution in [0.3, 0.4) is 0 Å². The van der Waals surface area contributed by atoms with Crippen molar-refractivity contribution in [2.24, 2.45) is 16.7 Å². The fourth-order valence-corrected chi connectivity index (χ4v) is 4.61. The van der Waals surface area contributed by atoms with Crippen molar-refractivity contribution in [3.63, 3.8) is 0 Å². The molecule has 0 aromatic rings. The highest BCUT2D eigenvalue weighted by molar-refractivity contribution is 5.87. The van der Waals surface area contributed by atoms with Crippen molar-refractivity contribution in [1.29, 1.82) is 0 Å². The second kappa shape index (κ2) is 7.84. The molecule has 2 rings (SSSR count). The van der Waals surface area contributed by atoms with E-state index in [9.17, 15) is 9.59 Å². The van der Waals surface area contributed by atoms with Crippen molar-refractivity contribution in [2.45, 2.75) is 73.3 Å². The lowest BCUT2D eigenvalue weighted by atomic mass is 9.57. The average Bonchev–Trinajstić information content (AvgIpc) is 2.51. The highest BCUT2D eigenvalue weighted by Crippen LogP contribution is 2.51. The molecule has 1 saturated carbocycles. The number of carbonyl (C=O) groups is 2. The van der Waals surface area contributed by atoms with Crippen molar-refractivity contribution in [3.05, 3.63) is 12.2 Å². The molecular formula is C22H38N2O3. The van der Waals surface area contributed by atoms with E-state index in [2.05, 4.69) is 33.8 Å². The zero-order chi connectivity index (χ0) is 20.5. The second-order valence-corrected chi connectivity index (χ2v) is 10.5. The lowest BCUT2D eigenvalue weighted by Crippen LogP contribution is -2.51. The van der Waals surface area contributed by atoms with Gasteiger partial charge in [-0.3, -0.25) is 4.79 Å². The Morgan fingerprint density at radius 2 is 1.41 bits per heavy atom. The fraction of sp³-hybridized carbons (Fsp3) is 0.818. The molecule has 1 aliphatic heterocycles. The molecule has 0 spiro atoms. The van der Waals surface area contributed by atoms with E-state index in [0.29, 0.717) is 32.1 Å². The summed E-state index contributed by atoms with van der Waals surface area (Å²) in [6.45, 7) is 17.0. The molecule has 27 heavy (non-hydrogen) atoms. The topological polar surface area (TPSA) is 49.9 Å². The van der Waals surface area contributed by atoms with Crippen molar-refractivity contribution in [1.82, 2.24) is 9.80 Å². The van der Waals surface area contributed by atoms with Crippen LogP contribution in [0.25, 0.3) is 0 Å². The second-order valence-electron chi connectivity index (χ2n) is 10.5. The Bertz CT molecular complexity index is 563. The third-order valence-corrected chi connectivity index (χ3v) is 6.00. The van der Waals surface area contributed by atoms with Crippen LogP contribution < -0.4 is 0 Å². The average molecular weight is 379 g/mol. The summed E-state index contributed by atoms with van der Waals surface area (Å²) in [6, 6.07) is 0. The maximum Gasteiger partial charge on any atom is 0.410 e. The Balaban J connectivity index is 1.92. The summed E-state index contributed by atoms with van der Waals surface area (Å²) in [6.07, 6.45) is 7.27. The number of hydrogen-bond acceptors (Lipinski definition) is 3. The van der Waals surface area contributed by atoms with Crippen LogP contribution >= 0.6 is 0 Å². The lowest BCUT2D eigenvalue weighted by molar-refractivity contribution is -0.127. The Morgan fingerprint density at radius 1 is 0.926 bits per heavy atom. The quantitative estimate of drug-likeness (QED) is 0.666. The van der Waals surface area contributed by atoms with Gasteiger partial charge in [0.1, 0.15) is 5.60 Å². The molecule has 0 aromatic carbocycles. The van der Waals surface area contributed by atoms with E-state index >= 15 is 0 Å². The van der Waals surface area contributed by atoms with Crippen LogP contribution in [0, 0.1) is 16.7 Å². The molecule has 1 aliphatic carbocycles. The molecule has 2 fully saturated rings. The molecule has 2 amide bonds. The monoisotopic (exact) mass is 378 g/mol. The minimum absolute atomic E-state index is 0.0519. The molecule has 154 valence electrons. The number of carbonyl (C=O) groups excluding carboxylic acids is 2. The molecule has 0 bridgehead atoms. The highest BCUT2D eigenvalue weighted by atomic mass is 16.6. The highest BCUT2D eigenvalue weighted by Gasteiger charge is 2.42. The summed E-state index contributed by atoms with van der Waals surface area (Å²) in [5, 5.41) is 0. The smallest absolute Gasteiger partial charge is 0.410 e. The first kappa shape index (κ1) is 21.8. The van der Waals surface area contributed by atoms with Gasteiger partial charge in [-0.15, -0.1) is 0 Å². The van der Waals surface area contributed by atoms with Crippen LogP contribution in [0.5, 0.6) is 0 Å². The normalized spacial score (nSPS) is 23.5. The summed E-state index contributed by atoms with van der Waals surface area (Å²) in [5.41, 5.74) is -0.0612. The van der Waals surface area contributed by atoms with Gasteiger partial charge in [0.05, 0.1) is 0 Å². The van der Waals surface area contributed by atoms with E-state index in [4.69, 9.17) is 4.74 Å². The van der Waals surface area contributed by atoms with Gasteiger partial charge in [0.15, 0.2) is 0 Å². The minimum Gasteiger partial charge on any atom is -0.444 e. The number of rotatable bonds is 2. The van der Waals surface area contributed by atoms with Crippen molar-refractivity contribution in [2.75, 3.05) is 26.2 Å². The van der Waals surface area contributed by atoms with Gasteiger partial charge >= 0.3 is 6.09 Å². The Morgan fingerprint density at radius 3 is 1.89 bits per heavy atom. The van der Waals surface area contributed by atoms with E-state index in [1.165, 1.54) is 19.3 Å². The number of hydrogen-bond donors (Lipinski definition) is 0. The van der Waals surface area contributed by atoms with Crippen molar-refractivity contribution >= 4 is 12.0 Å². The van der Waals surface area contributed by atoms with Crippen LogP contribution in [0.15, 0.2) is 12.2 Å². The van der Waals surface area contributed by atoms with Gasteiger partial charge in [-0.25, -0.2) is 4.79 Å². The zero-order valence-electron chi connectivity index (χ0n) is 18.3. The number of nitrogens with zero attached hydrogens (tertiary/aromatic N) is 2. The van der Waals surface area contributed by atoms with Gasteiger partial charge in [0, 0.05) is 26.2 Å². The zero-order valence-corrected chi connectivity index (χ0v) is 18.3. The first-order chi connectivity index (χ1) is 12.3. The number of ether oxygens (including phenoxy) is 1. The van der Waals surface area contributed by atoms with E-state index in [1.54, 1.807) is 11.0 Å². The third-order valence-electron chi connectivity index (χ3n) is 6.00. The molecule has 1 saturated heterocycles. The molecule has 5 heteroatoms. The van der Waals surface area contributed by atoms with Crippen LogP contribution in [0.4, 0.5) is 4.79 Å². The largest absolute Gasteiger partial charge is 0.444 e. The van der Waals surface area contributed by atoms with Gasteiger partial charge in [-0.1, -0.05) is 40.2 Å². The number of allylic oxidation sites excluding steroid dienone is 1.